The number of carbonyl (C=O) groups excluding carboxylic acids is 1. The number of aromatic carboxylic acids is 1. The first-order chi connectivity index (χ1) is 9.90. The number of aromatic nitrogens is 3. The highest BCUT2D eigenvalue weighted by Gasteiger charge is 2.15. The Labute approximate surface area is 130 Å². The third kappa shape index (κ3) is 3.37. The van der Waals surface area contributed by atoms with Crippen molar-refractivity contribution >= 4 is 35.1 Å². The zero-order chi connectivity index (χ0) is 15.6. The Hall–Kier alpha value is -1.99. The average Bonchev–Trinajstić information content (AvgIpc) is 3.00. The predicted molar refractivity (Wildman–Crippen MR) is 77.0 cm³/mol. The van der Waals surface area contributed by atoms with Crippen LogP contribution in [0.1, 0.15) is 21.0 Å². The Bertz CT molecular complexity index is 693. The van der Waals surface area contributed by atoms with Crippen molar-refractivity contribution in [1.29, 1.82) is 0 Å². The molecule has 0 aliphatic heterocycles. The lowest BCUT2D eigenvalue weighted by atomic mass is 10.4. The third-order valence-electron chi connectivity index (χ3n) is 2.86. The average molecular weight is 331 g/mol. The molecule has 2 rings (SSSR count). The van der Waals surface area contributed by atoms with E-state index in [-0.39, 0.29) is 11.6 Å². The first kappa shape index (κ1) is 15.4. The first-order valence-electron chi connectivity index (χ1n) is 5.94. The van der Waals surface area contributed by atoms with Crippen LogP contribution in [-0.2, 0) is 13.6 Å². The van der Waals surface area contributed by atoms with Gasteiger partial charge in [0.05, 0.1) is 11.3 Å². The maximum absolute atomic E-state index is 12.0. The molecular weight excluding hydrogens is 319 g/mol. The van der Waals surface area contributed by atoms with E-state index in [1.165, 1.54) is 23.2 Å². The van der Waals surface area contributed by atoms with Crippen LogP contribution in [0.15, 0.2) is 18.6 Å². The predicted octanol–water partition coefficient (Wildman–Crippen LogP) is 1.66. The molecule has 2 aromatic rings. The molecule has 0 aliphatic rings. The lowest BCUT2D eigenvalue weighted by Gasteiger charge is -2.06. The molecule has 0 spiro atoms. The summed E-state index contributed by atoms with van der Waals surface area (Å²) in [5.74, 6) is -1.41. The highest BCUT2D eigenvalue weighted by atomic mass is 35.5. The van der Waals surface area contributed by atoms with Gasteiger partial charge in [0.15, 0.2) is 5.69 Å². The number of halogens is 2. The van der Waals surface area contributed by atoms with Gasteiger partial charge in [0.2, 0.25) is 0 Å². The molecule has 2 heterocycles. The van der Waals surface area contributed by atoms with Crippen LogP contribution >= 0.6 is 23.2 Å². The van der Waals surface area contributed by atoms with E-state index < -0.39 is 5.97 Å². The van der Waals surface area contributed by atoms with Crippen molar-refractivity contribution in [1.82, 2.24) is 19.4 Å². The van der Waals surface area contributed by atoms with Crippen molar-refractivity contribution in [3.63, 3.8) is 0 Å². The number of hydrogen-bond donors (Lipinski definition) is 2. The molecule has 7 nitrogen and oxygen atoms in total. The van der Waals surface area contributed by atoms with Crippen LogP contribution in [0.3, 0.4) is 0 Å². The first-order valence-corrected chi connectivity index (χ1v) is 6.69. The molecule has 112 valence electrons. The Morgan fingerprint density at radius 1 is 1.43 bits per heavy atom. The summed E-state index contributed by atoms with van der Waals surface area (Å²) in [6, 6.07) is 1.49. The lowest BCUT2D eigenvalue weighted by molar-refractivity contribution is 0.0690. The summed E-state index contributed by atoms with van der Waals surface area (Å²) in [5, 5.41) is 12.0. The van der Waals surface area contributed by atoms with Crippen LogP contribution in [0, 0.1) is 0 Å². The topological polar surface area (TPSA) is 89.2 Å². The van der Waals surface area contributed by atoms with Gasteiger partial charge in [-0.25, -0.2) is 9.78 Å². The van der Waals surface area contributed by atoms with Crippen LogP contribution in [0.25, 0.3) is 0 Å². The van der Waals surface area contributed by atoms with Crippen LogP contribution in [0.2, 0.25) is 10.2 Å². The minimum absolute atomic E-state index is 0.0395. The van der Waals surface area contributed by atoms with Crippen molar-refractivity contribution in [2.75, 3.05) is 6.54 Å². The molecule has 2 aromatic heterocycles. The van der Waals surface area contributed by atoms with E-state index >= 15 is 0 Å². The molecule has 0 fully saturated rings. The van der Waals surface area contributed by atoms with Crippen LogP contribution in [0.5, 0.6) is 0 Å². The zero-order valence-corrected chi connectivity index (χ0v) is 12.5. The summed E-state index contributed by atoms with van der Waals surface area (Å²) in [6.07, 6.45) is 2.79. The molecule has 21 heavy (non-hydrogen) atoms. The number of carboxylic acids is 1. The van der Waals surface area contributed by atoms with E-state index in [9.17, 15) is 9.59 Å². The molecule has 0 saturated heterocycles. The van der Waals surface area contributed by atoms with E-state index in [0.717, 1.165) is 0 Å². The summed E-state index contributed by atoms with van der Waals surface area (Å²) in [5.41, 5.74) is 0.309. The van der Waals surface area contributed by atoms with Crippen molar-refractivity contribution in [2.24, 2.45) is 7.05 Å². The SMILES string of the molecule is Cn1c(C(=O)NCCn2cnc(C(=O)O)c2)cc(Cl)c1Cl. The summed E-state index contributed by atoms with van der Waals surface area (Å²) in [6.45, 7) is 0.715. The molecule has 1 amide bonds. The van der Waals surface area contributed by atoms with Gasteiger partial charge in [-0.05, 0) is 6.07 Å². The smallest absolute Gasteiger partial charge is 0.356 e. The number of carboxylic acid groups (broad SMARTS) is 1. The number of hydrogen-bond acceptors (Lipinski definition) is 3. The molecular formula is C12H12Cl2N4O3. The van der Waals surface area contributed by atoms with Gasteiger partial charge in [0, 0.05) is 26.3 Å². The van der Waals surface area contributed by atoms with Gasteiger partial charge in [-0.3, -0.25) is 4.79 Å². The fourth-order valence-electron chi connectivity index (χ4n) is 1.74. The Balaban J connectivity index is 1.92. The number of imidazole rings is 1. The highest BCUT2D eigenvalue weighted by Crippen LogP contribution is 2.24. The summed E-state index contributed by atoms with van der Waals surface area (Å²) >= 11 is 11.7. The second-order valence-electron chi connectivity index (χ2n) is 4.29. The highest BCUT2D eigenvalue weighted by molar-refractivity contribution is 6.41. The number of amides is 1. The second kappa shape index (κ2) is 6.19. The summed E-state index contributed by atoms with van der Waals surface area (Å²) in [7, 11) is 1.64. The van der Waals surface area contributed by atoms with E-state index in [4.69, 9.17) is 28.3 Å². The van der Waals surface area contributed by atoms with E-state index in [0.29, 0.717) is 29.0 Å². The normalized spacial score (nSPS) is 10.6. The second-order valence-corrected chi connectivity index (χ2v) is 5.05. The van der Waals surface area contributed by atoms with Gasteiger partial charge in [-0.15, -0.1) is 0 Å². The fraction of sp³-hybridized carbons (Fsp3) is 0.250. The van der Waals surface area contributed by atoms with Gasteiger partial charge >= 0.3 is 5.97 Å². The fourth-order valence-corrected chi connectivity index (χ4v) is 2.12. The number of carbonyl (C=O) groups is 2. The Morgan fingerprint density at radius 3 is 2.67 bits per heavy atom. The molecule has 0 radical (unpaired) electrons. The van der Waals surface area contributed by atoms with E-state index in [1.54, 1.807) is 11.6 Å². The van der Waals surface area contributed by atoms with Crippen LogP contribution in [-0.4, -0.2) is 37.6 Å². The largest absolute Gasteiger partial charge is 0.476 e. The summed E-state index contributed by atoms with van der Waals surface area (Å²) < 4.78 is 3.06. The van der Waals surface area contributed by atoms with Crippen molar-refractivity contribution < 1.29 is 14.7 Å². The van der Waals surface area contributed by atoms with Gasteiger partial charge in [-0.1, -0.05) is 23.2 Å². The van der Waals surface area contributed by atoms with Crippen molar-refractivity contribution in [3.8, 4) is 0 Å². The van der Waals surface area contributed by atoms with Gasteiger partial charge in [0.25, 0.3) is 5.91 Å². The minimum Gasteiger partial charge on any atom is -0.476 e. The quantitative estimate of drug-likeness (QED) is 0.872. The maximum atomic E-state index is 12.0. The summed E-state index contributed by atoms with van der Waals surface area (Å²) in [4.78, 5) is 26.4. The Morgan fingerprint density at radius 2 is 2.14 bits per heavy atom. The molecule has 0 aliphatic carbocycles. The van der Waals surface area contributed by atoms with E-state index in [2.05, 4.69) is 10.3 Å². The molecule has 0 aromatic carbocycles. The monoisotopic (exact) mass is 330 g/mol. The van der Waals surface area contributed by atoms with Crippen molar-refractivity contribution in [3.05, 3.63) is 40.2 Å². The zero-order valence-electron chi connectivity index (χ0n) is 11.0. The maximum Gasteiger partial charge on any atom is 0.356 e. The van der Waals surface area contributed by atoms with Crippen molar-refractivity contribution in [2.45, 2.75) is 6.54 Å². The van der Waals surface area contributed by atoms with Gasteiger partial charge in [0.1, 0.15) is 10.8 Å². The van der Waals surface area contributed by atoms with Gasteiger partial charge in [-0.2, -0.15) is 0 Å². The van der Waals surface area contributed by atoms with E-state index in [1.807, 2.05) is 0 Å². The molecule has 0 saturated carbocycles. The lowest BCUT2D eigenvalue weighted by Crippen LogP contribution is -2.28. The molecule has 0 bridgehead atoms. The molecule has 9 heteroatoms. The molecule has 2 N–H and O–H groups in total. The standard InChI is InChI=1S/C12H12Cl2N4O3/c1-17-9(4-7(13)10(17)14)11(19)15-2-3-18-5-8(12(20)21)16-6-18/h4-6H,2-3H2,1H3,(H,15,19)(H,20,21). The number of rotatable bonds is 5. The minimum atomic E-state index is -1.09. The Kier molecular flexibility index (Phi) is 4.54. The van der Waals surface area contributed by atoms with Crippen LogP contribution < -0.4 is 5.32 Å². The number of nitrogens with zero attached hydrogens (tertiary/aromatic N) is 3. The molecule has 0 unspecified atom stereocenters. The van der Waals surface area contributed by atoms with Gasteiger partial charge < -0.3 is 19.6 Å². The van der Waals surface area contributed by atoms with Crippen LogP contribution in [0.4, 0.5) is 0 Å². The molecule has 0 atom stereocenters. The third-order valence-corrected chi connectivity index (χ3v) is 3.70. The number of nitrogens with one attached hydrogen (secondary N) is 1.